The van der Waals surface area contributed by atoms with Crippen LogP contribution >= 0.6 is 0 Å². The number of rotatable bonds is 2. The summed E-state index contributed by atoms with van der Waals surface area (Å²) in [4.78, 5) is 17.3. The summed E-state index contributed by atoms with van der Waals surface area (Å²) in [7, 11) is 0. The summed E-state index contributed by atoms with van der Waals surface area (Å²) in [6, 6.07) is 26.8. The van der Waals surface area contributed by atoms with Gasteiger partial charge in [-0.05, 0) is 35.9 Å². The first-order valence-electron chi connectivity index (χ1n) is 8.04. The van der Waals surface area contributed by atoms with Crippen LogP contribution in [0.4, 0.5) is 5.69 Å². The monoisotopic (exact) mass is 325 g/mol. The summed E-state index contributed by atoms with van der Waals surface area (Å²) in [6.07, 6.45) is 1.82. The number of hydrogen-bond donors (Lipinski definition) is 0. The lowest BCUT2D eigenvalue weighted by Crippen LogP contribution is -2.25. The molecule has 0 saturated carbocycles. The maximum absolute atomic E-state index is 12.6. The van der Waals surface area contributed by atoms with Crippen molar-refractivity contribution in [3.05, 3.63) is 102 Å². The van der Waals surface area contributed by atoms with Crippen LogP contribution in [-0.2, 0) is 4.79 Å². The van der Waals surface area contributed by atoms with E-state index in [2.05, 4.69) is 0 Å². The van der Waals surface area contributed by atoms with Crippen molar-refractivity contribution in [2.24, 2.45) is 4.99 Å². The zero-order valence-electron chi connectivity index (χ0n) is 13.4. The van der Waals surface area contributed by atoms with Gasteiger partial charge in [-0.1, -0.05) is 60.7 Å². The molecule has 120 valence electrons. The molecule has 3 aromatic rings. The summed E-state index contributed by atoms with van der Waals surface area (Å²) in [5.74, 6) is 0.143. The highest BCUT2D eigenvalue weighted by molar-refractivity contribution is 6.32. The topological polar surface area (TPSA) is 38.7 Å². The van der Waals surface area contributed by atoms with Crippen molar-refractivity contribution < 1.29 is 9.53 Å². The minimum absolute atomic E-state index is 0.391. The number of hydrogen-bond acceptors (Lipinski definition) is 3. The van der Waals surface area contributed by atoms with E-state index < -0.39 is 5.97 Å². The largest absolute Gasteiger partial charge is 0.422 e. The van der Waals surface area contributed by atoms with E-state index in [4.69, 9.17) is 9.73 Å². The number of aliphatic imine (C=N–C) groups is 1. The zero-order valence-corrected chi connectivity index (χ0v) is 13.4. The second-order valence-corrected chi connectivity index (χ2v) is 5.65. The fourth-order valence-corrected chi connectivity index (χ4v) is 2.74. The predicted octanol–water partition coefficient (Wildman–Crippen LogP) is 4.81. The van der Waals surface area contributed by atoms with Gasteiger partial charge in [0.25, 0.3) is 0 Å². The number of esters is 1. The van der Waals surface area contributed by atoms with E-state index in [0.717, 1.165) is 16.8 Å². The lowest BCUT2D eigenvalue weighted by Gasteiger charge is -2.20. The van der Waals surface area contributed by atoms with E-state index in [0.29, 0.717) is 17.0 Å². The summed E-state index contributed by atoms with van der Waals surface area (Å²) in [5, 5.41) is 0. The van der Waals surface area contributed by atoms with Crippen LogP contribution < -0.4 is 4.74 Å². The van der Waals surface area contributed by atoms with Crippen LogP contribution in [0.2, 0.25) is 0 Å². The first-order chi connectivity index (χ1) is 12.3. The predicted molar refractivity (Wildman–Crippen MR) is 99.1 cm³/mol. The minimum Gasteiger partial charge on any atom is -0.422 e. The van der Waals surface area contributed by atoms with Crippen LogP contribution in [0.15, 0.2) is 95.5 Å². The van der Waals surface area contributed by atoms with Crippen molar-refractivity contribution >= 4 is 23.4 Å². The minimum atomic E-state index is -0.391. The van der Waals surface area contributed by atoms with Crippen molar-refractivity contribution in [1.82, 2.24) is 0 Å². The molecule has 4 rings (SSSR count). The van der Waals surface area contributed by atoms with E-state index in [1.165, 1.54) is 0 Å². The van der Waals surface area contributed by atoms with Gasteiger partial charge < -0.3 is 4.74 Å². The molecule has 0 amide bonds. The number of ether oxygens (including phenoxy) is 1. The molecular weight excluding hydrogens is 310 g/mol. The molecule has 0 N–H and O–H groups in total. The highest BCUT2D eigenvalue weighted by atomic mass is 16.5. The second kappa shape index (κ2) is 6.57. The Morgan fingerprint density at radius 2 is 1.40 bits per heavy atom. The number of carbonyl (C=O) groups excluding carboxylic acids is 1. The Bertz CT molecular complexity index is 973. The van der Waals surface area contributed by atoms with Gasteiger partial charge in [-0.2, -0.15) is 0 Å². The third-order valence-electron chi connectivity index (χ3n) is 3.93. The number of benzene rings is 3. The van der Waals surface area contributed by atoms with Crippen LogP contribution in [0.5, 0.6) is 5.75 Å². The number of para-hydroxylation sites is 2. The first kappa shape index (κ1) is 15.1. The van der Waals surface area contributed by atoms with Gasteiger partial charge in [-0.15, -0.1) is 0 Å². The van der Waals surface area contributed by atoms with Crippen LogP contribution in [-0.4, -0.2) is 11.7 Å². The average Bonchev–Trinajstić information content (AvgIpc) is 2.66. The van der Waals surface area contributed by atoms with E-state index in [-0.39, 0.29) is 0 Å². The SMILES string of the molecule is O=C1Oc2ccccc2C(=Nc2ccccc2)/C1=C\c1ccccc1. The van der Waals surface area contributed by atoms with Gasteiger partial charge >= 0.3 is 5.97 Å². The Morgan fingerprint density at radius 3 is 2.16 bits per heavy atom. The highest BCUT2D eigenvalue weighted by Crippen LogP contribution is 2.31. The molecule has 0 bridgehead atoms. The van der Waals surface area contributed by atoms with E-state index in [9.17, 15) is 4.79 Å². The second-order valence-electron chi connectivity index (χ2n) is 5.65. The molecule has 3 heteroatoms. The quantitative estimate of drug-likeness (QED) is 0.385. The third kappa shape index (κ3) is 3.12. The number of nitrogens with zero attached hydrogens (tertiary/aromatic N) is 1. The van der Waals surface area contributed by atoms with Gasteiger partial charge in [0, 0.05) is 5.56 Å². The lowest BCUT2D eigenvalue weighted by molar-refractivity contribution is -0.129. The Kier molecular flexibility index (Phi) is 3.97. The molecule has 0 atom stereocenters. The molecule has 0 radical (unpaired) electrons. The molecule has 0 fully saturated rings. The number of carbonyl (C=O) groups is 1. The van der Waals surface area contributed by atoms with Gasteiger partial charge in [-0.3, -0.25) is 0 Å². The molecule has 1 aliphatic heterocycles. The van der Waals surface area contributed by atoms with Crippen molar-refractivity contribution in [2.45, 2.75) is 0 Å². The molecule has 0 spiro atoms. The Morgan fingerprint density at radius 1 is 0.760 bits per heavy atom. The van der Waals surface area contributed by atoms with Crippen molar-refractivity contribution in [3.63, 3.8) is 0 Å². The van der Waals surface area contributed by atoms with E-state index in [1.807, 2.05) is 84.9 Å². The van der Waals surface area contributed by atoms with Crippen molar-refractivity contribution in [3.8, 4) is 5.75 Å². The van der Waals surface area contributed by atoms with Crippen LogP contribution in [0.3, 0.4) is 0 Å². The number of fused-ring (bicyclic) bond motifs is 1. The maximum atomic E-state index is 12.6. The van der Waals surface area contributed by atoms with E-state index in [1.54, 1.807) is 6.07 Å². The summed E-state index contributed by atoms with van der Waals surface area (Å²) in [5.41, 5.74) is 3.61. The van der Waals surface area contributed by atoms with Gasteiger partial charge in [0.05, 0.1) is 17.0 Å². The van der Waals surface area contributed by atoms with Gasteiger partial charge in [0.15, 0.2) is 0 Å². The summed E-state index contributed by atoms with van der Waals surface area (Å²) < 4.78 is 5.50. The molecule has 0 aliphatic carbocycles. The maximum Gasteiger partial charge on any atom is 0.345 e. The smallest absolute Gasteiger partial charge is 0.345 e. The standard InChI is InChI=1S/C22H15NO2/c24-22-19(15-16-9-3-1-4-10-16)21(23-17-11-5-2-6-12-17)18-13-7-8-14-20(18)25-22/h1-15H/b19-15+,23-21?. The van der Waals surface area contributed by atoms with Crippen LogP contribution in [0.1, 0.15) is 11.1 Å². The average molecular weight is 325 g/mol. The van der Waals surface area contributed by atoms with Crippen LogP contribution in [0.25, 0.3) is 6.08 Å². The molecular formula is C22H15NO2. The Labute approximate surface area is 145 Å². The molecule has 3 nitrogen and oxygen atoms in total. The molecule has 0 aromatic heterocycles. The van der Waals surface area contributed by atoms with Crippen molar-refractivity contribution in [1.29, 1.82) is 0 Å². The fraction of sp³-hybridized carbons (Fsp3) is 0. The normalized spacial score (nSPS) is 16.6. The molecule has 0 unspecified atom stereocenters. The van der Waals surface area contributed by atoms with E-state index >= 15 is 0 Å². The molecule has 1 aliphatic rings. The van der Waals surface area contributed by atoms with Gasteiger partial charge in [-0.25, -0.2) is 9.79 Å². The van der Waals surface area contributed by atoms with Gasteiger partial charge in [0.1, 0.15) is 5.75 Å². The zero-order chi connectivity index (χ0) is 17.1. The van der Waals surface area contributed by atoms with Crippen molar-refractivity contribution in [2.75, 3.05) is 0 Å². The van der Waals surface area contributed by atoms with Crippen LogP contribution in [0, 0.1) is 0 Å². The summed E-state index contributed by atoms with van der Waals surface area (Å²) in [6.45, 7) is 0. The molecule has 1 heterocycles. The Balaban J connectivity index is 1.91. The molecule has 3 aromatic carbocycles. The third-order valence-corrected chi connectivity index (χ3v) is 3.93. The molecule has 0 saturated heterocycles. The summed E-state index contributed by atoms with van der Waals surface area (Å²) >= 11 is 0. The Hall–Kier alpha value is -3.46. The van der Waals surface area contributed by atoms with Gasteiger partial charge in [0.2, 0.25) is 0 Å². The fourth-order valence-electron chi connectivity index (χ4n) is 2.74. The molecule has 25 heavy (non-hydrogen) atoms. The first-order valence-corrected chi connectivity index (χ1v) is 8.04. The highest BCUT2D eigenvalue weighted by Gasteiger charge is 2.28. The lowest BCUT2D eigenvalue weighted by atomic mass is 9.96.